The molecule has 1 aliphatic carbocycles. The molecular weight excluding hydrogens is 326 g/mol. The fraction of sp³-hybridized carbons (Fsp3) is 0.294. The fourth-order valence-electron chi connectivity index (χ4n) is 2.57. The summed E-state index contributed by atoms with van der Waals surface area (Å²) < 4.78 is 5.75. The van der Waals surface area contributed by atoms with E-state index in [4.69, 9.17) is 9.84 Å². The Morgan fingerprint density at radius 2 is 2.00 bits per heavy atom. The van der Waals surface area contributed by atoms with Crippen molar-refractivity contribution in [2.45, 2.75) is 18.4 Å². The molecule has 1 saturated carbocycles. The number of rotatable bonds is 6. The van der Waals surface area contributed by atoms with Crippen LogP contribution in [0.15, 0.2) is 42.7 Å². The van der Waals surface area contributed by atoms with Crippen molar-refractivity contribution in [3.8, 4) is 16.9 Å². The predicted molar refractivity (Wildman–Crippen MR) is 89.6 cm³/mol. The highest BCUT2D eigenvalue weighted by atomic mass is 16.6. The summed E-state index contributed by atoms with van der Waals surface area (Å²) in [4.78, 5) is 26.8. The molecule has 0 bridgehead atoms. The standard InChI is InChI=1S/C17H17N3O5/c1-19(16(21)22)17(6-7-17)11-25-15-8-13(9-18-10-15)12-2-4-14(5-3-12)20(23)24/h2-5,8-10H,6-7,11H2,1H3,(H,21,22). The van der Waals surface area contributed by atoms with Crippen LogP contribution in [0.2, 0.25) is 0 Å². The number of nitro benzene ring substituents is 1. The summed E-state index contributed by atoms with van der Waals surface area (Å²) in [5.74, 6) is 0.529. The maximum Gasteiger partial charge on any atom is 0.407 e. The zero-order valence-corrected chi connectivity index (χ0v) is 13.6. The van der Waals surface area contributed by atoms with Crippen molar-refractivity contribution in [2.24, 2.45) is 0 Å². The van der Waals surface area contributed by atoms with Crippen LogP contribution in [0.1, 0.15) is 12.8 Å². The normalized spacial score (nSPS) is 14.6. The monoisotopic (exact) mass is 343 g/mol. The number of hydrogen-bond donors (Lipinski definition) is 1. The summed E-state index contributed by atoms with van der Waals surface area (Å²) in [5, 5.41) is 19.8. The Morgan fingerprint density at radius 1 is 1.32 bits per heavy atom. The molecule has 0 saturated heterocycles. The fourth-order valence-corrected chi connectivity index (χ4v) is 2.57. The van der Waals surface area contributed by atoms with Crippen molar-refractivity contribution in [3.05, 3.63) is 52.8 Å². The molecule has 1 aliphatic rings. The molecule has 25 heavy (non-hydrogen) atoms. The summed E-state index contributed by atoms with van der Waals surface area (Å²) >= 11 is 0. The Morgan fingerprint density at radius 3 is 2.56 bits per heavy atom. The lowest BCUT2D eigenvalue weighted by molar-refractivity contribution is -0.384. The minimum Gasteiger partial charge on any atom is -0.490 e. The molecule has 1 fully saturated rings. The van der Waals surface area contributed by atoms with Crippen molar-refractivity contribution in [1.82, 2.24) is 9.88 Å². The molecule has 1 amide bonds. The summed E-state index contributed by atoms with van der Waals surface area (Å²) in [7, 11) is 1.55. The third-order valence-electron chi connectivity index (χ3n) is 4.46. The van der Waals surface area contributed by atoms with Crippen LogP contribution < -0.4 is 4.74 Å². The number of likely N-dealkylation sites (N-methyl/N-ethyl adjacent to an activating group) is 1. The second-order valence-electron chi connectivity index (χ2n) is 6.07. The van der Waals surface area contributed by atoms with E-state index in [1.165, 1.54) is 17.0 Å². The highest BCUT2D eigenvalue weighted by Gasteiger charge is 2.49. The zero-order valence-electron chi connectivity index (χ0n) is 13.6. The quantitative estimate of drug-likeness (QED) is 0.638. The highest BCUT2D eigenvalue weighted by molar-refractivity contribution is 5.67. The van der Waals surface area contributed by atoms with E-state index in [9.17, 15) is 14.9 Å². The molecule has 0 unspecified atom stereocenters. The van der Waals surface area contributed by atoms with Crippen LogP contribution in [0.5, 0.6) is 5.75 Å². The maximum atomic E-state index is 11.1. The van der Waals surface area contributed by atoms with Gasteiger partial charge in [0.05, 0.1) is 16.7 Å². The predicted octanol–water partition coefficient (Wildman–Crippen LogP) is 3.18. The number of amides is 1. The molecule has 8 heteroatoms. The van der Waals surface area contributed by atoms with E-state index in [2.05, 4.69) is 4.98 Å². The van der Waals surface area contributed by atoms with Crippen molar-refractivity contribution >= 4 is 11.8 Å². The van der Waals surface area contributed by atoms with Gasteiger partial charge in [0.1, 0.15) is 12.4 Å². The van der Waals surface area contributed by atoms with Crippen LogP contribution in [0.25, 0.3) is 11.1 Å². The van der Waals surface area contributed by atoms with E-state index < -0.39 is 16.6 Å². The van der Waals surface area contributed by atoms with Crippen LogP contribution >= 0.6 is 0 Å². The number of pyridine rings is 1. The zero-order chi connectivity index (χ0) is 18.0. The van der Waals surface area contributed by atoms with E-state index in [1.54, 1.807) is 37.6 Å². The van der Waals surface area contributed by atoms with Gasteiger partial charge in [-0.1, -0.05) is 0 Å². The Labute approximate surface area is 143 Å². The molecule has 0 spiro atoms. The second kappa shape index (κ2) is 6.39. The van der Waals surface area contributed by atoms with Crippen molar-refractivity contribution < 1.29 is 19.6 Å². The van der Waals surface area contributed by atoms with E-state index in [1.807, 2.05) is 0 Å². The van der Waals surface area contributed by atoms with Gasteiger partial charge in [-0.25, -0.2) is 4.79 Å². The summed E-state index contributed by atoms with van der Waals surface area (Å²) in [6.45, 7) is 0.265. The molecule has 3 rings (SSSR count). The largest absolute Gasteiger partial charge is 0.490 e. The van der Waals surface area contributed by atoms with Crippen molar-refractivity contribution in [3.63, 3.8) is 0 Å². The molecule has 1 aromatic heterocycles. The smallest absolute Gasteiger partial charge is 0.407 e. The van der Waals surface area contributed by atoms with Gasteiger partial charge in [0.2, 0.25) is 0 Å². The molecule has 130 valence electrons. The molecule has 2 aromatic rings. The molecular formula is C17H17N3O5. The molecule has 0 aliphatic heterocycles. The third kappa shape index (κ3) is 3.52. The molecule has 0 radical (unpaired) electrons. The van der Waals surface area contributed by atoms with Gasteiger partial charge in [0.25, 0.3) is 5.69 Å². The lowest BCUT2D eigenvalue weighted by atomic mass is 10.1. The Bertz CT molecular complexity index is 802. The molecule has 1 heterocycles. The maximum absolute atomic E-state index is 11.1. The average molecular weight is 343 g/mol. The lowest BCUT2D eigenvalue weighted by Gasteiger charge is -2.25. The van der Waals surface area contributed by atoms with Crippen LogP contribution in [0.4, 0.5) is 10.5 Å². The van der Waals surface area contributed by atoms with E-state index in [0.29, 0.717) is 5.75 Å². The highest BCUT2D eigenvalue weighted by Crippen LogP contribution is 2.41. The number of carboxylic acid groups (broad SMARTS) is 1. The van der Waals surface area contributed by atoms with Gasteiger partial charge in [-0.05, 0) is 36.6 Å². The van der Waals surface area contributed by atoms with E-state index in [0.717, 1.165) is 24.0 Å². The van der Waals surface area contributed by atoms with Crippen LogP contribution in [0, 0.1) is 10.1 Å². The number of carbonyl (C=O) groups is 1. The topological polar surface area (TPSA) is 106 Å². The van der Waals surface area contributed by atoms with Gasteiger partial charge >= 0.3 is 6.09 Å². The first-order valence-corrected chi connectivity index (χ1v) is 7.71. The van der Waals surface area contributed by atoms with Gasteiger partial charge < -0.3 is 14.7 Å². The first-order chi connectivity index (χ1) is 11.9. The number of aromatic nitrogens is 1. The minimum absolute atomic E-state index is 0.0245. The number of nitro groups is 1. The Kier molecular flexibility index (Phi) is 4.26. The van der Waals surface area contributed by atoms with Gasteiger partial charge in [0.15, 0.2) is 0 Å². The average Bonchev–Trinajstić information content (AvgIpc) is 3.41. The van der Waals surface area contributed by atoms with Gasteiger partial charge in [-0.3, -0.25) is 15.1 Å². The third-order valence-corrected chi connectivity index (χ3v) is 4.46. The first kappa shape index (κ1) is 16.7. The number of hydrogen-bond acceptors (Lipinski definition) is 5. The summed E-state index contributed by atoms with van der Waals surface area (Å²) in [6.07, 6.45) is 3.77. The SMILES string of the molecule is CN(C(=O)O)C1(COc2cncc(-c3ccc([N+](=O)[O-])cc3)c2)CC1. The lowest BCUT2D eigenvalue weighted by Crippen LogP contribution is -2.42. The van der Waals surface area contributed by atoms with Gasteiger partial charge in [0, 0.05) is 30.9 Å². The molecule has 0 atom stereocenters. The molecule has 8 nitrogen and oxygen atoms in total. The molecule has 1 N–H and O–H groups in total. The van der Waals surface area contributed by atoms with Gasteiger partial charge in [-0.15, -0.1) is 0 Å². The van der Waals surface area contributed by atoms with Crippen LogP contribution in [-0.2, 0) is 0 Å². The summed E-state index contributed by atoms with van der Waals surface area (Å²) in [5.41, 5.74) is 1.11. The van der Waals surface area contributed by atoms with E-state index >= 15 is 0 Å². The molecule has 1 aromatic carbocycles. The van der Waals surface area contributed by atoms with Gasteiger partial charge in [-0.2, -0.15) is 0 Å². The Hall–Kier alpha value is -3.16. The number of nitrogens with zero attached hydrogens (tertiary/aromatic N) is 3. The van der Waals surface area contributed by atoms with Crippen molar-refractivity contribution in [2.75, 3.05) is 13.7 Å². The summed E-state index contributed by atoms with van der Waals surface area (Å²) in [6, 6.07) is 7.96. The minimum atomic E-state index is -0.973. The van der Waals surface area contributed by atoms with E-state index in [-0.39, 0.29) is 12.3 Å². The Balaban J connectivity index is 1.72. The number of ether oxygens (including phenoxy) is 1. The number of benzene rings is 1. The van der Waals surface area contributed by atoms with Crippen LogP contribution in [0.3, 0.4) is 0 Å². The first-order valence-electron chi connectivity index (χ1n) is 7.71. The second-order valence-corrected chi connectivity index (χ2v) is 6.07. The van der Waals surface area contributed by atoms with Crippen molar-refractivity contribution in [1.29, 1.82) is 0 Å². The number of non-ortho nitro benzene ring substituents is 1. The van der Waals surface area contributed by atoms with Crippen LogP contribution in [-0.4, -0.2) is 45.2 Å².